The number of likely N-dealkylation sites (tertiary alicyclic amines) is 1. The Kier molecular flexibility index (Phi) is 5.64. The lowest BCUT2D eigenvalue weighted by atomic mass is 10.1. The summed E-state index contributed by atoms with van der Waals surface area (Å²) in [6.45, 7) is 4.31. The van der Waals surface area contributed by atoms with Gasteiger partial charge in [0.25, 0.3) is 0 Å². The topological polar surface area (TPSA) is 83.9 Å². The SMILES string of the molecule is CCOC(=O)N1CCC[C@H]1C(O)CS(=O)(=O)c1ccc(C)cc1. The Morgan fingerprint density at radius 1 is 1.39 bits per heavy atom. The van der Waals surface area contributed by atoms with Crippen molar-refractivity contribution < 1.29 is 23.1 Å². The highest BCUT2D eigenvalue weighted by Crippen LogP contribution is 2.23. The average Bonchev–Trinajstić information content (AvgIpc) is 2.97. The molecule has 0 spiro atoms. The second kappa shape index (κ2) is 7.31. The first kappa shape index (κ1) is 17.7. The smallest absolute Gasteiger partial charge is 0.410 e. The molecule has 1 heterocycles. The van der Waals surface area contributed by atoms with E-state index in [1.165, 1.54) is 17.0 Å². The van der Waals surface area contributed by atoms with E-state index in [0.29, 0.717) is 13.0 Å². The van der Waals surface area contributed by atoms with Crippen molar-refractivity contribution in [2.75, 3.05) is 18.9 Å². The van der Waals surface area contributed by atoms with Gasteiger partial charge in [-0.3, -0.25) is 0 Å². The van der Waals surface area contributed by atoms with Gasteiger partial charge in [-0.15, -0.1) is 0 Å². The number of sulfone groups is 1. The van der Waals surface area contributed by atoms with Crippen molar-refractivity contribution >= 4 is 15.9 Å². The second-order valence-corrected chi connectivity index (χ2v) is 7.80. The third-order valence-electron chi connectivity index (χ3n) is 4.02. The number of hydrogen-bond donors (Lipinski definition) is 1. The van der Waals surface area contributed by atoms with E-state index < -0.39 is 33.8 Å². The monoisotopic (exact) mass is 341 g/mol. The van der Waals surface area contributed by atoms with E-state index in [4.69, 9.17) is 4.74 Å². The highest BCUT2D eigenvalue weighted by molar-refractivity contribution is 7.91. The molecule has 6 nitrogen and oxygen atoms in total. The molecule has 1 fully saturated rings. The summed E-state index contributed by atoms with van der Waals surface area (Å²) in [6.07, 6.45) is -0.330. The van der Waals surface area contributed by atoms with E-state index in [9.17, 15) is 18.3 Å². The third-order valence-corrected chi connectivity index (χ3v) is 5.79. The molecule has 1 saturated heterocycles. The van der Waals surface area contributed by atoms with Crippen molar-refractivity contribution in [3.05, 3.63) is 29.8 Å². The lowest BCUT2D eigenvalue weighted by molar-refractivity contribution is 0.0621. The average molecular weight is 341 g/mol. The molecular weight excluding hydrogens is 318 g/mol. The van der Waals surface area contributed by atoms with Gasteiger partial charge in [-0.1, -0.05) is 17.7 Å². The van der Waals surface area contributed by atoms with Crippen molar-refractivity contribution in [3.63, 3.8) is 0 Å². The summed E-state index contributed by atoms with van der Waals surface area (Å²) < 4.78 is 29.8. The first-order chi connectivity index (χ1) is 10.8. The van der Waals surface area contributed by atoms with E-state index in [1.807, 2.05) is 6.92 Å². The Bertz CT molecular complexity index is 641. The summed E-state index contributed by atoms with van der Waals surface area (Å²) in [5, 5.41) is 10.4. The molecule has 1 aromatic rings. The normalized spacial score (nSPS) is 19.6. The molecule has 2 atom stereocenters. The molecule has 0 aliphatic carbocycles. The maximum atomic E-state index is 12.4. The summed E-state index contributed by atoms with van der Waals surface area (Å²) in [4.78, 5) is 13.5. The summed E-state index contributed by atoms with van der Waals surface area (Å²) in [6, 6.07) is 6.00. The molecule has 1 aromatic carbocycles. The zero-order valence-corrected chi connectivity index (χ0v) is 14.3. The van der Waals surface area contributed by atoms with Gasteiger partial charge in [0, 0.05) is 6.54 Å². The van der Waals surface area contributed by atoms with Gasteiger partial charge in [-0.25, -0.2) is 13.2 Å². The second-order valence-electron chi connectivity index (χ2n) is 5.76. The lowest BCUT2D eigenvalue weighted by Crippen LogP contribution is -2.45. The summed E-state index contributed by atoms with van der Waals surface area (Å²) in [5.41, 5.74) is 0.966. The number of aryl methyl sites for hydroxylation is 1. The van der Waals surface area contributed by atoms with Gasteiger partial charge in [0.1, 0.15) is 0 Å². The number of aliphatic hydroxyl groups excluding tert-OH is 1. The number of nitrogens with zero attached hydrogens (tertiary/aromatic N) is 1. The molecule has 1 N–H and O–H groups in total. The van der Waals surface area contributed by atoms with Crippen molar-refractivity contribution in [1.82, 2.24) is 4.90 Å². The van der Waals surface area contributed by atoms with E-state index in [-0.39, 0.29) is 11.5 Å². The molecule has 2 rings (SSSR count). The molecule has 1 unspecified atom stereocenters. The van der Waals surface area contributed by atoms with Crippen LogP contribution < -0.4 is 0 Å². The number of carbonyl (C=O) groups is 1. The molecule has 0 aromatic heterocycles. The van der Waals surface area contributed by atoms with Crippen molar-refractivity contribution in [3.8, 4) is 0 Å². The van der Waals surface area contributed by atoms with Gasteiger partial charge in [0.15, 0.2) is 9.84 Å². The van der Waals surface area contributed by atoms with Crippen LogP contribution in [0.5, 0.6) is 0 Å². The van der Waals surface area contributed by atoms with Crippen LogP contribution in [0.15, 0.2) is 29.2 Å². The first-order valence-electron chi connectivity index (χ1n) is 7.76. The quantitative estimate of drug-likeness (QED) is 0.882. The molecular formula is C16H23NO5S. The minimum atomic E-state index is -3.60. The van der Waals surface area contributed by atoms with Gasteiger partial charge in [0.2, 0.25) is 0 Å². The van der Waals surface area contributed by atoms with E-state index in [2.05, 4.69) is 0 Å². The summed E-state index contributed by atoms with van der Waals surface area (Å²) in [5.74, 6) is -0.406. The van der Waals surface area contributed by atoms with Gasteiger partial charge in [0.05, 0.1) is 29.4 Å². The first-order valence-corrected chi connectivity index (χ1v) is 9.41. The van der Waals surface area contributed by atoms with Crippen LogP contribution in [0.3, 0.4) is 0 Å². The molecule has 0 bridgehead atoms. The molecule has 1 aliphatic rings. The van der Waals surface area contributed by atoms with E-state index >= 15 is 0 Å². The van der Waals surface area contributed by atoms with Gasteiger partial charge in [-0.2, -0.15) is 0 Å². The Morgan fingerprint density at radius 2 is 2.04 bits per heavy atom. The number of hydrogen-bond acceptors (Lipinski definition) is 5. The number of amides is 1. The summed E-state index contributed by atoms with van der Waals surface area (Å²) >= 11 is 0. The fourth-order valence-corrected chi connectivity index (χ4v) is 4.22. The Morgan fingerprint density at radius 3 is 2.65 bits per heavy atom. The fraction of sp³-hybridized carbons (Fsp3) is 0.562. The zero-order valence-electron chi connectivity index (χ0n) is 13.4. The van der Waals surface area contributed by atoms with Crippen LogP contribution in [0.2, 0.25) is 0 Å². The Balaban J connectivity index is 2.09. The van der Waals surface area contributed by atoms with E-state index in [1.54, 1.807) is 19.1 Å². The number of ether oxygens (including phenoxy) is 1. The van der Waals surface area contributed by atoms with Crippen LogP contribution in [-0.2, 0) is 14.6 Å². The molecule has 1 amide bonds. The van der Waals surface area contributed by atoms with Crippen LogP contribution in [0.4, 0.5) is 4.79 Å². The molecule has 1 aliphatic heterocycles. The Labute approximate surface area is 137 Å². The Hall–Kier alpha value is -1.60. The number of benzene rings is 1. The lowest BCUT2D eigenvalue weighted by Gasteiger charge is -2.27. The predicted molar refractivity (Wildman–Crippen MR) is 86.0 cm³/mol. The van der Waals surface area contributed by atoms with Crippen LogP contribution in [-0.4, -0.2) is 55.6 Å². The summed E-state index contributed by atoms with van der Waals surface area (Å²) in [7, 11) is -3.60. The van der Waals surface area contributed by atoms with Crippen molar-refractivity contribution in [1.29, 1.82) is 0 Å². The zero-order chi connectivity index (χ0) is 17.0. The van der Waals surface area contributed by atoms with Crippen molar-refractivity contribution in [2.45, 2.75) is 43.7 Å². The number of carbonyl (C=O) groups excluding carboxylic acids is 1. The molecule has 128 valence electrons. The maximum absolute atomic E-state index is 12.4. The van der Waals surface area contributed by atoms with Crippen LogP contribution in [0.1, 0.15) is 25.3 Å². The minimum absolute atomic E-state index is 0.183. The van der Waals surface area contributed by atoms with Crippen LogP contribution in [0.25, 0.3) is 0 Å². The maximum Gasteiger partial charge on any atom is 0.410 e. The molecule has 0 saturated carbocycles. The van der Waals surface area contributed by atoms with Crippen LogP contribution in [0, 0.1) is 6.92 Å². The molecule has 7 heteroatoms. The largest absolute Gasteiger partial charge is 0.450 e. The standard InChI is InChI=1S/C16H23NO5S/c1-3-22-16(19)17-10-4-5-14(17)15(18)11-23(20,21)13-8-6-12(2)7-9-13/h6-9,14-15,18H,3-5,10-11H2,1-2H3/t14-,15?/m0/s1. The van der Waals surface area contributed by atoms with Gasteiger partial charge in [-0.05, 0) is 38.8 Å². The van der Waals surface area contributed by atoms with Gasteiger partial charge < -0.3 is 14.7 Å². The highest BCUT2D eigenvalue weighted by Gasteiger charge is 2.37. The molecule has 0 radical (unpaired) electrons. The predicted octanol–water partition coefficient (Wildman–Crippen LogP) is 1.75. The fourth-order valence-electron chi connectivity index (χ4n) is 2.80. The third kappa shape index (κ3) is 4.23. The van der Waals surface area contributed by atoms with E-state index in [0.717, 1.165) is 12.0 Å². The van der Waals surface area contributed by atoms with Crippen molar-refractivity contribution in [2.24, 2.45) is 0 Å². The highest BCUT2D eigenvalue weighted by atomic mass is 32.2. The van der Waals surface area contributed by atoms with Crippen LogP contribution >= 0.6 is 0 Å². The molecule has 23 heavy (non-hydrogen) atoms. The number of aliphatic hydroxyl groups is 1. The van der Waals surface area contributed by atoms with Gasteiger partial charge >= 0.3 is 6.09 Å². The minimum Gasteiger partial charge on any atom is -0.450 e. The number of rotatable bonds is 5.